The van der Waals surface area contributed by atoms with Crippen molar-refractivity contribution in [3.8, 4) is 0 Å². The van der Waals surface area contributed by atoms with E-state index in [2.05, 4.69) is 15.9 Å². The molecule has 0 amide bonds. The van der Waals surface area contributed by atoms with Crippen LogP contribution >= 0.6 is 27.5 Å². The topological polar surface area (TPSA) is 0 Å². The Morgan fingerprint density at radius 3 is 2.14 bits per heavy atom. The number of alkyl halides is 4. The third kappa shape index (κ3) is 3.80. The monoisotopic (exact) mass is 376 g/mol. The SMILES string of the molecule is CCc1ccc(C(Cl)c2ccc(Br)c(C(F)(F)F)c2)cc1. The predicted molar refractivity (Wildman–Crippen MR) is 82.7 cm³/mol. The molecule has 2 aromatic carbocycles. The zero-order chi connectivity index (χ0) is 15.6. The molecule has 5 heteroatoms. The van der Waals surface area contributed by atoms with Crippen molar-refractivity contribution in [1.82, 2.24) is 0 Å². The molecule has 0 aliphatic rings. The lowest BCUT2D eigenvalue weighted by atomic mass is 10.0. The van der Waals surface area contributed by atoms with E-state index in [0.717, 1.165) is 23.6 Å². The Hall–Kier alpha value is -1.00. The Morgan fingerprint density at radius 2 is 1.62 bits per heavy atom. The molecule has 1 atom stereocenters. The van der Waals surface area contributed by atoms with Crippen molar-refractivity contribution in [3.63, 3.8) is 0 Å². The first-order valence-electron chi connectivity index (χ1n) is 6.42. The number of benzene rings is 2. The molecule has 0 saturated carbocycles. The molecule has 0 heterocycles. The van der Waals surface area contributed by atoms with Crippen LogP contribution < -0.4 is 0 Å². The number of rotatable bonds is 3. The number of hydrogen-bond acceptors (Lipinski definition) is 0. The van der Waals surface area contributed by atoms with E-state index in [1.807, 2.05) is 31.2 Å². The van der Waals surface area contributed by atoms with Crippen LogP contribution in [0, 0.1) is 0 Å². The maximum absolute atomic E-state index is 12.9. The van der Waals surface area contributed by atoms with Crippen LogP contribution in [-0.4, -0.2) is 0 Å². The van der Waals surface area contributed by atoms with Crippen LogP contribution in [0.25, 0.3) is 0 Å². The van der Waals surface area contributed by atoms with Gasteiger partial charge < -0.3 is 0 Å². The van der Waals surface area contributed by atoms with Gasteiger partial charge in [-0.05, 0) is 35.2 Å². The average molecular weight is 378 g/mol. The second-order valence-electron chi connectivity index (χ2n) is 4.69. The minimum atomic E-state index is -4.41. The zero-order valence-electron chi connectivity index (χ0n) is 11.2. The van der Waals surface area contributed by atoms with Gasteiger partial charge in [0.25, 0.3) is 0 Å². The summed E-state index contributed by atoms with van der Waals surface area (Å²) < 4.78 is 38.8. The highest BCUT2D eigenvalue weighted by Crippen LogP contribution is 2.38. The quantitative estimate of drug-likeness (QED) is 0.546. The molecule has 0 aliphatic heterocycles. The molecule has 0 aliphatic carbocycles. The third-order valence-corrected chi connectivity index (χ3v) is 4.46. The van der Waals surface area contributed by atoms with Crippen molar-refractivity contribution < 1.29 is 13.2 Å². The van der Waals surface area contributed by atoms with Crippen molar-refractivity contribution >= 4 is 27.5 Å². The van der Waals surface area contributed by atoms with Crippen molar-refractivity contribution in [2.24, 2.45) is 0 Å². The maximum atomic E-state index is 12.9. The lowest BCUT2D eigenvalue weighted by molar-refractivity contribution is -0.138. The van der Waals surface area contributed by atoms with Gasteiger partial charge >= 0.3 is 6.18 Å². The summed E-state index contributed by atoms with van der Waals surface area (Å²) >= 11 is 9.25. The van der Waals surface area contributed by atoms with E-state index < -0.39 is 17.1 Å². The second kappa shape index (κ2) is 6.41. The lowest BCUT2D eigenvalue weighted by Gasteiger charge is -2.15. The van der Waals surface area contributed by atoms with Gasteiger partial charge in [0.1, 0.15) is 0 Å². The van der Waals surface area contributed by atoms with Gasteiger partial charge in [-0.15, -0.1) is 11.6 Å². The van der Waals surface area contributed by atoms with E-state index in [9.17, 15) is 13.2 Å². The Bertz CT molecular complexity index is 620. The first kappa shape index (κ1) is 16.4. The normalized spacial score (nSPS) is 13.2. The van der Waals surface area contributed by atoms with Crippen LogP contribution in [0.15, 0.2) is 46.9 Å². The summed E-state index contributed by atoms with van der Waals surface area (Å²) in [5.74, 6) is 0. The molecule has 1 unspecified atom stereocenters. The van der Waals surface area contributed by atoms with Crippen molar-refractivity contribution in [2.75, 3.05) is 0 Å². The van der Waals surface area contributed by atoms with E-state index in [1.54, 1.807) is 6.07 Å². The molecule has 0 fully saturated rings. The fraction of sp³-hybridized carbons (Fsp3) is 0.250. The van der Waals surface area contributed by atoms with Gasteiger partial charge in [-0.3, -0.25) is 0 Å². The summed E-state index contributed by atoms with van der Waals surface area (Å²) in [5.41, 5.74) is 1.66. The fourth-order valence-corrected chi connectivity index (χ4v) is 2.79. The molecule has 0 N–H and O–H groups in total. The Morgan fingerprint density at radius 1 is 1.05 bits per heavy atom. The van der Waals surface area contributed by atoms with Crippen molar-refractivity contribution in [1.29, 1.82) is 0 Å². The summed E-state index contributed by atoms with van der Waals surface area (Å²) in [6.07, 6.45) is -3.50. The zero-order valence-corrected chi connectivity index (χ0v) is 13.6. The highest BCUT2D eigenvalue weighted by molar-refractivity contribution is 9.10. The molecule has 0 bridgehead atoms. The lowest BCUT2D eigenvalue weighted by Crippen LogP contribution is -2.07. The number of hydrogen-bond donors (Lipinski definition) is 0. The number of aryl methyl sites for hydroxylation is 1. The minimum absolute atomic E-state index is 0.0175. The minimum Gasteiger partial charge on any atom is -0.166 e. The Labute approximate surface area is 135 Å². The van der Waals surface area contributed by atoms with Gasteiger partial charge in [0.2, 0.25) is 0 Å². The van der Waals surface area contributed by atoms with Gasteiger partial charge in [-0.25, -0.2) is 0 Å². The largest absolute Gasteiger partial charge is 0.417 e. The van der Waals surface area contributed by atoms with Gasteiger partial charge in [0, 0.05) is 4.47 Å². The second-order valence-corrected chi connectivity index (χ2v) is 5.99. The predicted octanol–water partition coefficient (Wildman–Crippen LogP) is 6.36. The summed E-state index contributed by atoms with van der Waals surface area (Å²) in [4.78, 5) is 0. The van der Waals surface area contributed by atoms with E-state index in [-0.39, 0.29) is 4.47 Å². The third-order valence-electron chi connectivity index (χ3n) is 3.27. The molecule has 0 spiro atoms. The van der Waals surface area contributed by atoms with E-state index in [4.69, 9.17) is 11.6 Å². The molecule has 0 aromatic heterocycles. The molecule has 2 aromatic rings. The smallest absolute Gasteiger partial charge is 0.166 e. The average Bonchev–Trinajstić information content (AvgIpc) is 2.46. The van der Waals surface area contributed by atoms with Gasteiger partial charge in [-0.2, -0.15) is 13.2 Å². The summed E-state index contributed by atoms with van der Waals surface area (Å²) in [6.45, 7) is 2.04. The molecule has 2 rings (SSSR count). The molecule has 0 saturated heterocycles. The summed E-state index contributed by atoms with van der Waals surface area (Å²) in [6, 6.07) is 11.7. The van der Waals surface area contributed by atoms with Crippen molar-refractivity contribution in [3.05, 3.63) is 69.2 Å². The molecule has 112 valence electrons. The van der Waals surface area contributed by atoms with Gasteiger partial charge in [0.15, 0.2) is 0 Å². The van der Waals surface area contributed by atoms with E-state index >= 15 is 0 Å². The van der Waals surface area contributed by atoms with Gasteiger partial charge in [0.05, 0.1) is 10.9 Å². The molecular weight excluding hydrogens is 365 g/mol. The van der Waals surface area contributed by atoms with Crippen LogP contribution in [-0.2, 0) is 12.6 Å². The van der Waals surface area contributed by atoms with Crippen LogP contribution in [0.3, 0.4) is 0 Å². The van der Waals surface area contributed by atoms with Crippen LogP contribution in [0.2, 0.25) is 0 Å². The Kier molecular flexibility index (Phi) is 4.99. The van der Waals surface area contributed by atoms with E-state index in [1.165, 1.54) is 6.07 Å². The Balaban J connectivity index is 2.36. The fourth-order valence-electron chi connectivity index (χ4n) is 2.03. The maximum Gasteiger partial charge on any atom is 0.417 e. The van der Waals surface area contributed by atoms with Crippen LogP contribution in [0.5, 0.6) is 0 Å². The highest BCUT2D eigenvalue weighted by Gasteiger charge is 2.33. The summed E-state index contributed by atoms with van der Waals surface area (Å²) in [5, 5.41) is -0.606. The van der Waals surface area contributed by atoms with Crippen LogP contribution in [0.1, 0.15) is 34.6 Å². The molecule has 0 nitrogen and oxygen atoms in total. The van der Waals surface area contributed by atoms with Gasteiger partial charge in [-0.1, -0.05) is 53.2 Å². The first-order valence-corrected chi connectivity index (χ1v) is 7.65. The number of halogens is 5. The molecule has 0 radical (unpaired) electrons. The standard InChI is InChI=1S/C16H13BrClF3/c1-2-10-3-5-11(6-4-10)15(18)12-7-8-14(17)13(9-12)16(19,20)21/h3-9,15H,2H2,1H3. The van der Waals surface area contributed by atoms with Crippen LogP contribution in [0.4, 0.5) is 13.2 Å². The van der Waals surface area contributed by atoms with Crippen molar-refractivity contribution in [2.45, 2.75) is 24.9 Å². The molecular formula is C16H13BrClF3. The first-order chi connectivity index (χ1) is 9.82. The summed E-state index contributed by atoms with van der Waals surface area (Å²) in [7, 11) is 0. The molecule has 21 heavy (non-hydrogen) atoms. The highest BCUT2D eigenvalue weighted by atomic mass is 79.9. The van der Waals surface area contributed by atoms with E-state index in [0.29, 0.717) is 5.56 Å².